The molecule has 2 heterocycles. The summed E-state index contributed by atoms with van der Waals surface area (Å²) in [4.78, 5) is -1.19. The molecule has 2 aromatic carbocycles. The summed E-state index contributed by atoms with van der Waals surface area (Å²) in [5.41, 5.74) is -1.15. The zero-order chi connectivity index (χ0) is 22.6. The van der Waals surface area contributed by atoms with E-state index in [9.17, 15) is 30.4 Å². The lowest BCUT2D eigenvalue weighted by Gasteiger charge is -2.27. The molecule has 0 atom stereocenters. The summed E-state index contributed by atoms with van der Waals surface area (Å²) in [6.45, 7) is -0.792. The molecule has 7 nitrogen and oxygen atoms in total. The Morgan fingerprint density at radius 3 is 2.42 bits per heavy atom. The monoisotopic (exact) mass is 463 g/mol. The van der Waals surface area contributed by atoms with Crippen LogP contribution in [0.5, 0.6) is 17.2 Å². The van der Waals surface area contributed by atoms with Crippen LogP contribution < -0.4 is 9.47 Å². The van der Waals surface area contributed by atoms with Crippen molar-refractivity contribution in [1.29, 1.82) is 5.26 Å². The van der Waals surface area contributed by atoms with E-state index in [0.717, 1.165) is 24.3 Å². The van der Waals surface area contributed by atoms with Gasteiger partial charge in [0.05, 0.1) is 35.3 Å². The highest BCUT2D eigenvalue weighted by atomic mass is 32.2. The molecule has 1 fully saturated rings. The number of alkyl halides is 4. The summed E-state index contributed by atoms with van der Waals surface area (Å²) in [5, 5.41) is 8.93. The highest BCUT2D eigenvalue weighted by molar-refractivity contribution is 7.91. The molecule has 1 spiro atoms. The largest absolute Gasteiger partial charge is 0.459 e. The Kier molecular flexibility index (Phi) is 4.84. The van der Waals surface area contributed by atoms with E-state index in [2.05, 4.69) is 4.74 Å². The molecule has 1 saturated heterocycles. The first kappa shape index (κ1) is 21.3. The maximum Gasteiger partial charge on any atom is 0.459 e. The number of rotatable bonds is 4. The van der Waals surface area contributed by atoms with E-state index < -0.39 is 68.5 Å². The van der Waals surface area contributed by atoms with Crippen molar-refractivity contribution < 1.29 is 49.3 Å². The third kappa shape index (κ3) is 3.18. The molecule has 2 aliphatic rings. The lowest BCUT2D eigenvalue weighted by atomic mass is 10.1. The molecule has 13 heteroatoms. The molecule has 2 aromatic rings. The molecule has 2 aliphatic heterocycles. The van der Waals surface area contributed by atoms with Gasteiger partial charge in [-0.1, -0.05) is 0 Å². The van der Waals surface area contributed by atoms with Crippen molar-refractivity contribution in [2.45, 2.75) is 22.5 Å². The first-order valence-electron chi connectivity index (χ1n) is 8.44. The molecule has 0 saturated carbocycles. The smallest absolute Gasteiger partial charge is 0.453 e. The Labute approximate surface area is 171 Å². The van der Waals surface area contributed by atoms with Gasteiger partial charge in [-0.3, -0.25) is 0 Å². The highest BCUT2D eigenvalue weighted by Crippen LogP contribution is 2.59. The van der Waals surface area contributed by atoms with Gasteiger partial charge in [0.2, 0.25) is 9.84 Å². The van der Waals surface area contributed by atoms with Crippen LogP contribution in [-0.4, -0.2) is 33.5 Å². The molecule has 164 valence electrons. The standard InChI is InChI=1S/C18H10F5NO6S/c19-10-5-9(8-24)6-11(7-10)29-12-1-2-13(31(25,26)16(20)21)14-15(12)30-18(22,23)17(14)27-3-4-28-17/h1-2,5-7,16H,3-4H2. The van der Waals surface area contributed by atoms with Crippen LogP contribution in [0.15, 0.2) is 35.2 Å². The predicted molar refractivity (Wildman–Crippen MR) is 90.0 cm³/mol. The van der Waals surface area contributed by atoms with Gasteiger partial charge in [-0.25, -0.2) is 12.8 Å². The molecule has 0 N–H and O–H groups in total. The number of sulfone groups is 1. The maximum absolute atomic E-state index is 14.8. The third-order valence-electron chi connectivity index (χ3n) is 4.49. The van der Waals surface area contributed by atoms with E-state index in [0.29, 0.717) is 6.07 Å². The van der Waals surface area contributed by atoms with Gasteiger partial charge in [-0.2, -0.15) is 22.8 Å². The van der Waals surface area contributed by atoms with Crippen molar-refractivity contribution in [1.82, 2.24) is 0 Å². The number of hydrogen-bond donors (Lipinski definition) is 0. The second-order valence-corrected chi connectivity index (χ2v) is 8.28. The minimum Gasteiger partial charge on any atom is -0.453 e. The average Bonchev–Trinajstić information content (AvgIpc) is 3.27. The molecular weight excluding hydrogens is 453 g/mol. The molecule has 0 unspecified atom stereocenters. The van der Waals surface area contributed by atoms with Crippen LogP contribution in [0, 0.1) is 17.1 Å². The topological polar surface area (TPSA) is 94.9 Å². The number of ether oxygens (including phenoxy) is 4. The lowest BCUT2D eigenvalue weighted by molar-refractivity contribution is -0.355. The Balaban J connectivity index is 1.94. The van der Waals surface area contributed by atoms with Gasteiger partial charge in [0.25, 0.3) is 0 Å². The van der Waals surface area contributed by atoms with Crippen LogP contribution in [0.3, 0.4) is 0 Å². The second-order valence-electron chi connectivity index (χ2n) is 6.39. The molecule has 0 aliphatic carbocycles. The Hall–Kier alpha value is -2.95. The molecule has 0 bridgehead atoms. The predicted octanol–water partition coefficient (Wildman–Crippen LogP) is 3.67. The van der Waals surface area contributed by atoms with Crippen LogP contribution in [0.1, 0.15) is 11.1 Å². The zero-order valence-electron chi connectivity index (χ0n) is 15.1. The number of nitriles is 1. The van der Waals surface area contributed by atoms with Gasteiger partial charge in [-0.15, -0.1) is 0 Å². The van der Waals surface area contributed by atoms with Crippen molar-refractivity contribution in [3.8, 4) is 23.3 Å². The lowest BCUT2D eigenvalue weighted by Crippen LogP contribution is -2.46. The van der Waals surface area contributed by atoms with E-state index in [1.54, 1.807) is 6.07 Å². The summed E-state index contributed by atoms with van der Waals surface area (Å²) in [7, 11) is -5.39. The summed E-state index contributed by atoms with van der Waals surface area (Å²) in [5.74, 6) is -9.72. The highest BCUT2D eigenvalue weighted by Gasteiger charge is 2.71. The average molecular weight is 463 g/mol. The Bertz CT molecular complexity index is 1200. The van der Waals surface area contributed by atoms with Gasteiger partial charge < -0.3 is 18.9 Å². The molecule has 4 rings (SSSR count). The van der Waals surface area contributed by atoms with Crippen molar-refractivity contribution >= 4 is 9.84 Å². The van der Waals surface area contributed by atoms with Crippen LogP contribution in [-0.2, 0) is 25.1 Å². The molecule has 0 amide bonds. The first-order valence-corrected chi connectivity index (χ1v) is 9.99. The van der Waals surface area contributed by atoms with Crippen LogP contribution in [0.2, 0.25) is 0 Å². The van der Waals surface area contributed by atoms with Crippen LogP contribution in [0.4, 0.5) is 22.0 Å². The minimum atomic E-state index is -5.39. The normalized spacial score (nSPS) is 18.6. The van der Waals surface area contributed by atoms with E-state index in [4.69, 9.17) is 19.5 Å². The number of fused-ring (bicyclic) bond motifs is 2. The second kappa shape index (κ2) is 7.04. The summed E-state index contributed by atoms with van der Waals surface area (Å²) < 4.78 is 114. The minimum absolute atomic E-state index is 0.159. The quantitative estimate of drug-likeness (QED) is 0.639. The van der Waals surface area contributed by atoms with Crippen molar-refractivity contribution in [2.24, 2.45) is 0 Å². The fourth-order valence-corrected chi connectivity index (χ4v) is 4.21. The van der Waals surface area contributed by atoms with E-state index in [-0.39, 0.29) is 11.3 Å². The molecule has 0 radical (unpaired) electrons. The van der Waals surface area contributed by atoms with Gasteiger partial charge in [-0.05, 0) is 24.3 Å². The van der Waals surface area contributed by atoms with Crippen molar-refractivity contribution in [3.05, 3.63) is 47.3 Å². The van der Waals surface area contributed by atoms with Gasteiger partial charge >= 0.3 is 17.7 Å². The summed E-state index contributed by atoms with van der Waals surface area (Å²) in [6, 6.07) is 5.84. The number of hydrogen-bond acceptors (Lipinski definition) is 7. The van der Waals surface area contributed by atoms with E-state index in [1.807, 2.05) is 0 Å². The van der Waals surface area contributed by atoms with E-state index >= 15 is 0 Å². The van der Waals surface area contributed by atoms with Crippen molar-refractivity contribution in [2.75, 3.05) is 13.2 Å². The third-order valence-corrected chi connectivity index (χ3v) is 5.91. The van der Waals surface area contributed by atoms with Crippen LogP contribution >= 0.6 is 0 Å². The zero-order valence-corrected chi connectivity index (χ0v) is 15.9. The van der Waals surface area contributed by atoms with Gasteiger partial charge in [0, 0.05) is 6.07 Å². The number of nitrogens with zero attached hydrogens (tertiary/aromatic N) is 1. The first-order chi connectivity index (χ1) is 14.5. The summed E-state index contributed by atoms with van der Waals surface area (Å²) >= 11 is 0. The number of halogens is 5. The fraction of sp³-hybridized carbons (Fsp3) is 0.278. The Morgan fingerprint density at radius 1 is 1.13 bits per heavy atom. The van der Waals surface area contributed by atoms with Gasteiger partial charge in [0.15, 0.2) is 11.5 Å². The van der Waals surface area contributed by atoms with Gasteiger partial charge in [0.1, 0.15) is 11.6 Å². The molecular formula is C18H10F5NO6S. The van der Waals surface area contributed by atoms with Crippen LogP contribution in [0.25, 0.3) is 0 Å². The van der Waals surface area contributed by atoms with E-state index in [1.165, 1.54) is 0 Å². The Morgan fingerprint density at radius 2 is 1.81 bits per heavy atom. The summed E-state index contributed by atoms with van der Waals surface area (Å²) in [6.07, 6.45) is -4.31. The number of benzene rings is 2. The fourth-order valence-electron chi connectivity index (χ4n) is 3.25. The molecule has 0 aromatic heterocycles. The SMILES string of the molecule is N#Cc1cc(F)cc(Oc2ccc(S(=O)(=O)C(F)F)c3c2OC(F)(F)C32OCCO2)c1. The molecule has 31 heavy (non-hydrogen) atoms. The maximum atomic E-state index is 14.8. The van der Waals surface area contributed by atoms with Crippen molar-refractivity contribution in [3.63, 3.8) is 0 Å².